The predicted octanol–water partition coefficient (Wildman–Crippen LogP) is 2.92. The van der Waals surface area contributed by atoms with Crippen LogP contribution in [0.4, 0.5) is 0 Å². The van der Waals surface area contributed by atoms with E-state index in [2.05, 4.69) is 10.6 Å². The Morgan fingerprint density at radius 2 is 1.73 bits per heavy atom. The number of ether oxygens (including phenoxy) is 1. The van der Waals surface area contributed by atoms with E-state index in [0.717, 1.165) is 16.2 Å². The summed E-state index contributed by atoms with van der Waals surface area (Å²) in [4.78, 5) is 25.0. The molecule has 0 aliphatic carbocycles. The molecule has 0 saturated heterocycles. The molecule has 0 radical (unpaired) electrons. The lowest BCUT2D eigenvalue weighted by atomic mass is 10.2. The van der Waals surface area contributed by atoms with Gasteiger partial charge in [0.15, 0.2) is 0 Å². The van der Waals surface area contributed by atoms with Gasteiger partial charge in [0.1, 0.15) is 11.8 Å². The monoisotopic (exact) mass is 372 g/mol. The van der Waals surface area contributed by atoms with E-state index in [1.807, 2.05) is 55.5 Å². The van der Waals surface area contributed by atoms with E-state index in [1.165, 1.54) is 12.5 Å². The molecule has 2 amide bonds. The van der Waals surface area contributed by atoms with Crippen LogP contribution >= 0.6 is 11.8 Å². The SMILES string of the molecule is COc1ccc(CNC(=O)C(CSc2ccc(C)cc2)NC(C)=O)cc1. The highest BCUT2D eigenvalue weighted by atomic mass is 32.2. The molecule has 1 atom stereocenters. The van der Waals surface area contributed by atoms with Crippen LogP contribution in [0.1, 0.15) is 18.1 Å². The minimum absolute atomic E-state index is 0.198. The molecule has 2 aromatic carbocycles. The molecule has 0 aliphatic rings. The van der Waals surface area contributed by atoms with Crippen LogP contribution in [0.15, 0.2) is 53.4 Å². The number of thioether (sulfide) groups is 1. The van der Waals surface area contributed by atoms with Gasteiger partial charge in [-0.05, 0) is 36.8 Å². The van der Waals surface area contributed by atoms with Crippen LogP contribution in [0, 0.1) is 6.92 Å². The average molecular weight is 372 g/mol. The van der Waals surface area contributed by atoms with Gasteiger partial charge in [0.25, 0.3) is 0 Å². The molecular formula is C20H24N2O3S. The number of methoxy groups -OCH3 is 1. The minimum atomic E-state index is -0.586. The van der Waals surface area contributed by atoms with Gasteiger partial charge < -0.3 is 15.4 Å². The Balaban J connectivity index is 1.92. The van der Waals surface area contributed by atoms with Crippen LogP contribution in [0.5, 0.6) is 5.75 Å². The smallest absolute Gasteiger partial charge is 0.243 e. The van der Waals surface area contributed by atoms with Crippen LogP contribution in [0.25, 0.3) is 0 Å². The molecule has 0 saturated carbocycles. The van der Waals surface area contributed by atoms with Crippen LogP contribution in [-0.2, 0) is 16.1 Å². The second-order valence-corrected chi connectivity index (χ2v) is 7.04. The van der Waals surface area contributed by atoms with Crippen molar-refractivity contribution in [3.05, 3.63) is 59.7 Å². The van der Waals surface area contributed by atoms with Crippen molar-refractivity contribution in [2.75, 3.05) is 12.9 Å². The number of rotatable bonds is 8. The third kappa shape index (κ3) is 6.44. The molecule has 26 heavy (non-hydrogen) atoms. The fourth-order valence-corrected chi connectivity index (χ4v) is 3.22. The molecule has 0 fully saturated rings. The first kappa shape index (κ1) is 19.8. The largest absolute Gasteiger partial charge is 0.497 e. The molecule has 0 aliphatic heterocycles. The topological polar surface area (TPSA) is 67.4 Å². The highest BCUT2D eigenvalue weighted by molar-refractivity contribution is 7.99. The number of nitrogens with one attached hydrogen (secondary N) is 2. The summed E-state index contributed by atoms with van der Waals surface area (Å²) in [5.41, 5.74) is 2.15. The predicted molar refractivity (Wildman–Crippen MR) is 104 cm³/mol. The zero-order valence-electron chi connectivity index (χ0n) is 15.2. The number of benzene rings is 2. The van der Waals surface area contributed by atoms with E-state index in [9.17, 15) is 9.59 Å². The fraction of sp³-hybridized carbons (Fsp3) is 0.300. The first-order chi connectivity index (χ1) is 12.5. The van der Waals surface area contributed by atoms with Gasteiger partial charge in [-0.25, -0.2) is 0 Å². The zero-order valence-corrected chi connectivity index (χ0v) is 16.1. The first-order valence-electron chi connectivity index (χ1n) is 8.35. The molecule has 0 bridgehead atoms. The van der Waals surface area contributed by atoms with Crippen molar-refractivity contribution < 1.29 is 14.3 Å². The summed E-state index contributed by atoms with van der Waals surface area (Å²) in [5, 5.41) is 5.60. The Hall–Kier alpha value is -2.47. The number of hydrogen-bond acceptors (Lipinski definition) is 4. The number of hydrogen-bond donors (Lipinski definition) is 2. The lowest BCUT2D eigenvalue weighted by Gasteiger charge is -2.17. The van der Waals surface area contributed by atoms with Gasteiger partial charge in [-0.1, -0.05) is 29.8 Å². The summed E-state index contributed by atoms with van der Waals surface area (Å²) < 4.78 is 5.12. The molecule has 2 aromatic rings. The molecule has 2 N–H and O–H groups in total. The Morgan fingerprint density at radius 1 is 1.08 bits per heavy atom. The molecule has 0 spiro atoms. The van der Waals surface area contributed by atoms with E-state index in [-0.39, 0.29) is 11.8 Å². The van der Waals surface area contributed by atoms with Crippen LogP contribution in [-0.4, -0.2) is 30.7 Å². The van der Waals surface area contributed by atoms with Crippen molar-refractivity contribution >= 4 is 23.6 Å². The summed E-state index contributed by atoms with van der Waals surface area (Å²) in [6.45, 7) is 3.84. The lowest BCUT2D eigenvalue weighted by Crippen LogP contribution is -2.47. The van der Waals surface area contributed by atoms with Crippen LogP contribution in [0.3, 0.4) is 0 Å². The van der Waals surface area contributed by atoms with Crippen molar-refractivity contribution in [1.29, 1.82) is 0 Å². The standard InChI is InChI=1S/C20H24N2O3S/c1-14-4-10-18(11-5-14)26-13-19(22-15(2)23)20(24)21-12-16-6-8-17(25-3)9-7-16/h4-11,19H,12-13H2,1-3H3,(H,21,24)(H,22,23). The van der Waals surface area contributed by atoms with Gasteiger partial charge in [0, 0.05) is 24.1 Å². The Morgan fingerprint density at radius 3 is 2.31 bits per heavy atom. The zero-order chi connectivity index (χ0) is 18.9. The van der Waals surface area contributed by atoms with Gasteiger partial charge >= 0.3 is 0 Å². The van der Waals surface area contributed by atoms with E-state index < -0.39 is 6.04 Å². The first-order valence-corrected chi connectivity index (χ1v) is 9.33. The van der Waals surface area contributed by atoms with Crippen molar-refractivity contribution in [3.8, 4) is 5.75 Å². The van der Waals surface area contributed by atoms with Crippen LogP contribution < -0.4 is 15.4 Å². The fourth-order valence-electron chi connectivity index (χ4n) is 2.30. The van der Waals surface area contributed by atoms with E-state index in [4.69, 9.17) is 4.74 Å². The van der Waals surface area contributed by atoms with Crippen molar-refractivity contribution in [3.63, 3.8) is 0 Å². The maximum atomic E-state index is 12.5. The summed E-state index contributed by atoms with van der Waals surface area (Å²) in [5.74, 6) is 0.817. The van der Waals surface area contributed by atoms with E-state index in [0.29, 0.717) is 12.3 Å². The second kappa shape index (κ2) is 9.87. The molecule has 1 unspecified atom stereocenters. The number of aryl methyl sites for hydroxylation is 1. The third-order valence-corrected chi connectivity index (χ3v) is 4.86. The van der Waals surface area contributed by atoms with E-state index in [1.54, 1.807) is 18.9 Å². The number of carbonyl (C=O) groups excluding carboxylic acids is 2. The van der Waals surface area contributed by atoms with Gasteiger partial charge in [-0.15, -0.1) is 11.8 Å². The van der Waals surface area contributed by atoms with Gasteiger partial charge in [-0.3, -0.25) is 9.59 Å². The number of carbonyl (C=O) groups is 2. The highest BCUT2D eigenvalue weighted by Crippen LogP contribution is 2.19. The maximum absolute atomic E-state index is 12.5. The highest BCUT2D eigenvalue weighted by Gasteiger charge is 2.19. The molecule has 0 heterocycles. The third-order valence-electron chi connectivity index (χ3n) is 3.76. The van der Waals surface area contributed by atoms with Gasteiger partial charge in [0.2, 0.25) is 11.8 Å². The molecule has 138 valence electrons. The molecule has 0 aromatic heterocycles. The van der Waals surface area contributed by atoms with Crippen LogP contribution in [0.2, 0.25) is 0 Å². The Bertz CT molecular complexity index is 730. The Labute approximate surface area is 158 Å². The molecular weight excluding hydrogens is 348 g/mol. The Kier molecular flexibility index (Phi) is 7.53. The molecule has 2 rings (SSSR count). The molecule has 5 nitrogen and oxygen atoms in total. The van der Waals surface area contributed by atoms with Gasteiger partial charge in [0.05, 0.1) is 7.11 Å². The summed E-state index contributed by atoms with van der Waals surface area (Å²) in [6.07, 6.45) is 0. The normalized spacial score (nSPS) is 11.5. The quantitative estimate of drug-likeness (QED) is 0.699. The average Bonchev–Trinajstić information content (AvgIpc) is 2.64. The van der Waals surface area contributed by atoms with Crippen molar-refractivity contribution in [1.82, 2.24) is 10.6 Å². The maximum Gasteiger partial charge on any atom is 0.243 e. The number of amides is 2. The van der Waals surface area contributed by atoms with Crippen molar-refractivity contribution in [2.45, 2.75) is 31.3 Å². The van der Waals surface area contributed by atoms with E-state index >= 15 is 0 Å². The lowest BCUT2D eigenvalue weighted by molar-refractivity contribution is -0.127. The molecule has 6 heteroatoms. The summed E-state index contributed by atoms with van der Waals surface area (Å²) in [6, 6.07) is 15.0. The second-order valence-electron chi connectivity index (χ2n) is 5.94. The van der Waals surface area contributed by atoms with Gasteiger partial charge in [-0.2, -0.15) is 0 Å². The summed E-state index contributed by atoms with van der Waals surface area (Å²) >= 11 is 1.54. The minimum Gasteiger partial charge on any atom is -0.497 e. The van der Waals surface area contributed by atoms with Crippen molar-refractivity contribution in [2.24, 2.45) is 0 Å². The summed E-state index contributed by atoms with van der Waals surface area (Å²) in [7, 11) is 1.61.